The standard InChI is InChI=1S/C20H30N4O2.HI/c1-21-20(22-11-7-16-9-13-26-14-10-16)23-12-8-17-5-4-6-18(15-17)19(25)24(2)3;/h4-6,9,15H,7-8,10-14H2,1-3H3,(H2,21,22,23);1H. The Labute approximate surface area is 179 Å². The topological polar surface area (TPSA) is 66.0 Å². The molecule has 1 aromatic rings. The van der Waals surface area contributed by atoms with Crippen molar-refractivity contribution >= 4 is 35.8 Å². The third-order valence-corrected chi connectivity index (χ3v) is 4.31. The predicted molar refractivity (Wildman–Crippen MR) is 121 cm³/mol. The molecule has 1 amide bonds. The molecule has 0 unspecified atom stereocenters. The molecule has 0 aliphatic carbocycles. The fourth-order valence-electron chi connectivity index (χ4n) is 2.80. The summed E-state index contributed by atoms with van der Waals surface area (Å²) in [6.07, 6.45) is 5.04. The van der Waals surface area contributed by atoms with Crippen LogP contribution in [0.4, 0.5) is 0 Å². The summed E-state index contributed by atoms with van der Waals surface area (Å²) in [4.78, 5) is 17.9. The Kier molecular flexibility index (Phi) is 11.0. The highest BCUT2D eigenvalue weighted by Gasteiger charge is 2.08. The van der Waals surface area contributed by atoms with Gasteiger partial charge in [0, 0.05) is 39.8 Å². The number of nitrogens with one attached hydrogen (secondary N) is 2. The molecule has 0 fully saturated rings. The Hall–Kier alpha value is -1.61. The number of halogens is 1. The number of benzene rings is 1. The minimum absolute atomic E-state index is 0. The zero-order valence-corrected chi connectivity index (χ0v) is 18.8. The van der Waals surface area contributed by atoms with E-state index in [-0.39, 0.29) is 29.9 Å². The summed E-state index contributed by atoms with van der Waals surface area (Å²) in [5.41, 5.74) is 3.30. The van der Waals surface area contributed by atoms with E-state index in [1.165, 1.54) is 5.57 Å². The van der Waals surface area contributed by atoms with E-state index in [9.17, 15) is 4.79 Å². The highest BCUT2D eigenvalue weighted by molar-refractivity contribution is 14.0. The molecule has 150 valence electrons. The molecular formula is C20H31IN4O2. The molecule has 1 aliphatic rings. The van der Waals surface area contributed by atoms with Crippen molar-refractivity contribution in [2.45, 2.75) is 19.3 Å². The third-order valence-electron chi connectivity index (χ3n) is 4.31. The molecule has 27 heavy (non-hydrogen) atoms. The fraction of sp³-hybridized carbons (Fsp3) is 0.500. The molecule has 2 rings (SSSR count). The maximum atomic E-state index is 12.0. The van der Waals surface area contributed by atoms with Crippen molar-refractivity contribution in [2.24, 2.45) is 4.99 Å². The molecule has 1 aliphatic heterocycles. The van der Waals surface area contributed by atoms with Crippen molar-refractivity contribution < 1.29 is 9.53 Å². The van der Waals surface area contributed by atoms with Gasteiger partial charge in [-0.25, -0.2) is 0 Å². The van der Waals surface area contributed by atoms with Gasteiger partial charge < -0.3 is 20.3 Å². The maximum Gasteiger partial charge on any atom is 0.253 e. The van der Waals surface area contributed by atoms with Crippen molar-refractivity contribution in [1.29, 1.82) is 0 Å². The summed E-state index contributed by atoms with van der Waals surface area (Å²) in [5.74, 6) is 0.831. The Bertz CT molecular complexity index is 659. The lowest BCUT2D eigenvalue weighted by atomic mass is 10.1. The Morgan fingerprint density at radius 2 is 1.96 bits per heavy atom. The molecule has 7 heteroatoms. The SMILES string of the molecule is CN=C(NCCC1=CCOCC1)NCCc1cccc(C(=O)N(C)C)c1.I. The Balaban J connectivity index is 0.00000364. The quantitative estimate of drug-likeness (QED) is 0.269. The van der Waals surface area contributed by atoms with Crippen molar-refractivity contribution in [1.82, 2.24) is 15.5 Å². The average Bonchev–Trinajstić information content (AvgIpc) is 2.67. The number of rotatable bonds is 7. The van der Waals surface area contributed by atoms with Crippen LogP contribution in [0.5, 0.6) is 0 Å². The number of guanidine groups is 1. The van der Waals surface area contributed by atoms with Gasteiger partial charge in [-0.05, 0) is 37.0 Å². The largest absolute Gasteiger partial charge is 0.377 e. The molecule has 0 spiro atoms. The van der Waals surface area contributed by atoms with Gasteiger partial charge in [0.15, 0.2) is 5.96 Å². The number of hydrogen-bond acceptors (Lipinski definition) is 3. The maximum absolute atomic E-state index is 12.0. The third kappa shape index (κ3) is 8.30. The average molecular weight is 486 g/mol. The van der Waals surface area contributed by atoms with Gasteiger partial charge in [0.05, 0.1) is 13.2 Å². The van der Waals surface area contributed by atoms with Crippen LogP contribution in [0.2, 0.25) is 0 Å². The number of hydrogen-bond donors (Lipinski definition) is 2. The van der Waals surface area contributed by atoms with Crippen LogP contribution < -0.4 is 10.6 Å². The van der Waals surface area contributed by atoms with E-state index in [0.29, 0.717) is 0 Å². The highest BCUT2D eigenvalue weighted by Crippen LogP contribution is 2.10. The van der Waals surface area contributed by atoms with Crippen LogP contribution in [0.1, 0.15) is 28.8 Å². The molecule has 6 nitrogen and oxygen atoms in total. The van der Waals surface area contributed by atoms with Crippen molar-refractivity contribution in [3.63, 3.8) is 0 Å². The highest BCUT2D eigenvalue weighted by atomic mass is 127. The van der Waals surface area contributed by atoms with Crippen LogP contribution >= 0.6 is 24.0 Å². The van der Waals surface area contributed by atoms with Crippen LogP contribution in [0.25, 0.3) is 0 Å². The summed E-state index contributed by atoms with van der Waals surface area (Å²) in [6, 6.07) is 7.78. The summed E-state index contributed by atoms with van der Waals surface area (Å²) in [7, 11) is 5.31. The van der Waals surface area contributed by atoms with Gasteiger partial charge in [-0.15, -0.1) is 24.0 Å². The number of nitrogens with zero attached hydrogens (tertiary/aromatic N) is 2. The van der Waals surface area contributed by atoms with Gasteiger partial charge in [-0.3, -0.25) is 9.79 Å². The van der Waals surface area contributed by atoms with Crippen molar-refractivity contribution in [3.8, 4) is 0 Å². The normalized spacial score (nSPS) is 14.0. The van der Waals surface area contributed by atoms with E-state index in [0.717, 1.165) is 62.7 Å². The van der Waals surface area contributed by atoms with Crippen LogP contribution in [0.15, 0.2) is 40.9 Å². The lowest BCUT2D eigenvalue weighted by molar-refractivity contribution is 0.0827. The first-order chi connectivity index (χ1) is 12.6. The fourth-order valence-corrected chi connectivity index (χ4v) is 2.80. The van der Waals surface area contributed by atoms with E-state index >= 15 is 0 Å². The van der Waals surface area contributed by atoms with E-state index in [1.807, 2.05) is 24.3 Å². The molecule has 0 bridgehead atoms. The minimum atomic E-state index is 0. The van der Waals surface area contributed by atoms with Gasteiger partial charge in [-0.2, -0.15) is 0 Å². The molecule has 0 saturated carbocycles. The summed E-state index contributed by atoms with van der Waals surface area (Å²) < 4.78 is 5.32. The van der Waals surface area contributed by atoms with E-state index in [4.69, 9.17) is 4.74 Å². The van der Waals surface area contributed by atoms with Crippen LogP contribution in [-0.4, -0.2) is 64.2 Å². The number of aliphatic imine (C=N–C) groups is 1. The van der Waals surface area contributed by atoms with Gasteiger partial charge >= 0.3 is 0 Å². The Morgan fingerprint density at radius 1 is 1.22 bits per heavy atom. The van der Waals surface area contributed by atoms with Gasteiger partial charge in [-0.1, -0.05) is 23.8 Å². The molecule has 1 heterocycles. The van der Waals surface area contributed by atoms with E-state index in [2.05, 4.69) is 21.7 Å². The van der Waals surface area contributed by atoms with Crippen LogP contribution in [0.3, 0.4) is 0 Å². The number of amides is 1. The first-order valence-corrected chi connectivity index (χ1v) is 9.11. The molecule has 2 N–H and O–H groups in total. The second kappa shape index (κ2) is 12.7. The van der Waals surface area contributed by atoms with Gasteiger partial charge in [0.25, 0.3) is 5.91 Å². The molecule has 0 atom stereocenters. The number of carbonyl (C=O) groups is 1. The molecular weight excluding hydrogens is 455 g/mol. The summed E-state index contributed by atoms with van der Waals surface area (Å²) in [6.45, 7) is 3.18. The van der Waals surface area contributed by atoms with E-state index in [1.54, 1.807) is 26.0 Å². The van der Waals surface area contributed by atoms with Gasteiger partial charge in [0.2, 0.25) is 0 Å². The van der Waals surface area contributed by atoms with E-state index < -0.39 is 0 Å². The molecule has 0 radical (unpaired) electrons. The van der Waals surface area contributed by atoms with Gasteiger partial charge in [0.1, 0.15) is 0 Å². The zero-order valence-electron chi connectivity index (χ0n) is 16.5. The smallest absolute Gasteiger partial charge is 0.253 e. The number of carbonyl (C=O) groups excluding carboxylic acids is 1. The van der Waals surface area contributed by atoms with Crippen molar-refractivity contribution in [3.05, 3.63) is 47.0 Å². The lowest BCUT2D eigenvalue weighted by Gasteiger charge is -2.16. The minimum Gasteiger partial charge on any atom is -0.377 e. The summed E-state index contributed by atoms with van der Waals surface area (Å²) in [5, 5.41) is 6.67. The first kappa shape index (κ1) is 23.4. The van der Waals surface area contributed by atoms with Crippen LogP contribution in [0, 0.1) is 0 Å². The number of ether oxygens (including phenoxy) is 1. The monoisotopic (exact) mass is 486 g/mol. The molecule has 1 aromatic carbocycles. The summed E-state index contributed by atoms with van der Waals surface area (Å²) >= 11 is 0. The second-order valence-electron chi connectivity index (χ2n) is 6.51. The van der Waals surface area contributed by atoms with Crippen molar-refractivity contribution in [2.75, 3.05) is 47.4 Å². The second-order valence-corrected chi connectivity index (χ2v) is 6.51. The zero-order chi connectivity index (χ0) is 18.8. The van der Waals surface area contributed by atoms with Crippen LogP contribution in [-0.2, 0) is 11.2 Å². The molecule has 0 aromatic heterocycles. The lowest BCUT2D eigenvalue weighted by Crippen LogP contribution is -2.38. The first-order valence-electron chi connectivity index (χ1n) is 9.11. The molecule has 0 saturated heterocycles. The Morgan fingerprint density at radius 3 is 2.59 bits per heavy atom. The predicted octanol–water partition coefficient (Wildman–Crippen LogP) is 2.45.